The van der Waals surface area contributed by atoms with E-state index in [0.717, 1.165) is 0 Å². The molecule has 6 rings (SSSR count). The van der Waals surface area contributed by atoms with Gasteiger partial charge in [-0.2, -0.15) is 5.26 Å². The highest BCUT2D eigenvalue weighted by atomic mass is 19.3. The molecule has 4 heterocycles. The van der Waals surface area contributed by atoms with Gasteiger partial charge in [0.15, 0.2) is 22.9 Å². The molecule has 0 radical (unpaired) electrons. The first-order valence-electron chi connectivity index (χ1n) is 13.6. The minimum Gasteiger partial charge on any atom is -0.340 e. The Morgan fingerprint density at radius 3 is 2.70 bits per heavy atom. The Morgan fingerprint density at radius 2 is 2.02 bits per heavy atom. The number of fused-ring (bicyclic) bond motifs is 2. The van der Waals surface area contributed by atoms with Crippen molar-refractivity contribution in [2.75, 3.05) is 0 Å². The third-order valence-electron chi connectivity index (χ3n) is 7.86. The number of aromatic amines is 1. The molecule has 0 bridgehead atoms. The summed E-state index contributed by atoms with van der Waals surface area (Å²) in [6, 6.07) is 3.68. The maximum atomic E-state index is 16.2. The molecule has 4 aromatic heterocycles. The van der Waals surface area contributed by atoms with E-state index in [1.54, 1.807) is 0 Å². The molecule has 12 nitrogen and oxygen atoms in total. The molecule has 228 valence electrons. The van der Waals surface area contributed by atoms with Crippen molar-refractivity contribution >= 4 is 22.6 Å². The lowest BCUT2D eigenvalue weighted by Crippen LogP contribution is -2.38. The van der Waals surface area contributed by atoms with E-state index in [-0.39, 0.29) is 63.8 Å². The highest BCUT2D eigenvalue weighted by Crippen LogP contribution is 2.42. The number of halogens is 5. The third kappa shape index (κ3) is 5.42. The highest BCUT2D eigenvalue weighted by molar-refractivity contribution is 5.93. The Morgan fingerprint density at radius 1 is 1.25 bits per heavy atom. The number of aryl methyl sites for hydroxylation is 1. The van der Waals surface area contributed by atoms with E-state index in [0.29, 0.717) is 0 Å². The first-order chi connectivity index (χ1) is 21.0. The minimum absolute atomic E-state index is 0.0210. The Bertz CT molecular complexity index is 1880. The largest absolute Gasteiger partial charge is 0.340 e. The van der Waals surface area contributed by atoms with Gasteiger partial charge in [-0.1, -0.05) is 11.2 Å². The second kappa shape index (κ2) is 11.2. The number of benzene rings is 1. The summed E-state index contributed by atoms with van der Waals surface area (Å²) in [7, 11) is 0. The van der Waals surface area contributed by atoms with Crippen molar-refractivity contribution in [1.82, 2.24) is 45.2 Å². The number of nitriles is 1. The summed E-state index contributed by atoms with van der Waals surface area (Å²) < 4.78 is 77.7. The molecule has 0 unspecified atom stereocenters. The molecule has 0 aliphatic heterocycles. The Balaban J connectivity index is 1.41. The summed E-state index contributed by atoms with van der Waals surface area (Å²) in [6.07, 6.45) is -1.85. The molecule has 1 aromatic carbocycles. The van der Waals surface area contributed by atoms with Crippen LogP contribution in [0.25, 0.3) is 16.7 Å². The topological polar surface area (TPSA) is 164 Å². The molecule has 1 saturated carbocycles. The fraction of sp³-hybridized carbons (Fsp3) is 0.407. The number of hydrogen-bond acceptors (Lipinski definition) is 9. The number of alkyl halides is 4. The van der Waals surface area contributed by atoms with Crippen molar-refractivity contribution in [1.29, 1.82) is 5.26 Å². The van der Waals surface area contributed by atoms with Crippen LogP contribution < -0.4 is 5.32 Å². The first-order valence-corrected chi connectivity index (χ1v) is 13.6. The lowest BCUT2D eigenvalue weighted by Gasteiger charge is -2.33. The minimum atomic E-state index is -2.85. The number of hydrogen-bond donors (Lipinski definition) is 2. The Labute approximate surface area is 244 Å². The molecule has 1 aliphatic rings. The lowest BCUT2D eigenvalue weighted by molar-refractivity contribution is -0.0496. The van der Waals surface area contributed by atoms with E-state index in [2.05, 4.69) is 45.4 Å². The standard InChI is InChI=1S/C27H23F5N10O2/c1-12-21(41-44-40-12)26(43)37-22(13-4-6-27(31,32)7-5-13)24-35-17-3-2-15(20(30)23(17)36-24)16(8-18(28)29)25-39-38-19-10-34-14(9-33)11-42(19)25/h2-3,10-11,13,16,18,22H,4-8H2,1H3,(H,35,36)(H,37,43)/t16-,22-/m0/s1. The van der Waals surface area contributed by atoms with Crippen LogP contribution in [0.5, 0.6) is 0 Å². The van der Waals surface area contributed by atoms with Crippen molar-refractivity contribution in [3.63, 3.8) is 0 Å². The molecule has 44 heavy (non-hydrogen) atoms. The SMILES string of the molecule is Cc1nonc1C(=O)N[C@H](c1nc2c(F)c([C@H](CC(F)F)c3nnc4cnc(C#N)cn34)ccc2[nH]1)C1CCC(F)(F)CC1. The molecule has 5 aromatic rings. The van der Waals surface area contributed by atoms with E-state index >= 15 is 4.39 Å². The summed E-state index contributed by atoms with van der Waals surface area (Å²) in [5, 5.41) is 27.1. The van der Waals surface area contributed by atoms with E-state index < -0.39 is 61.2 Å². The van der Waals surface area contributed by atoms with Gasteiger partial charge in [-0.3, -0.25) is 9.20 Å². The van der Waals surface area contributed by atoms with Crippen molar-refractivity contribution in [3.8, 4) is 6.07 Å². The number of imidazole rings is 1. The zero-order chi connectivity index (χ0) is 31.2. The smallest absolute Gasteiger partial charge is 0.276 e. The number of carbonyl (C=O) groups is 1. The predicted octanol–water partition coefficient (Wildman–Crippen LogP) is 4.79. The summed E-state index contributed by atoms with van der Waals surface area (Å²) in [6.45, 7) is 1.51. The Hall–Kier alpha value is -5.01. The summed E-state index contributed by atoms with van der Waals surface area (Å²) >= 11 is 0. The molecule has 2 atom stereocenters. The fourth-order valence-electron chi connectivity index (χ4n) is 5.61. The van der Waals surface area contributed by atoms with Crippen LogP contribution >= 0.6 is 0 Å². The maximum Gasteiger partial charge on any atom is 0.276 e. The Kier molecular flexibility index (Phi) is 7.43. The van der Waals surface area contributed by atoms with E-state index in [1.165, 1.54) is 35.9 Å². The molecule has 1 aliphatic carbocycles. The predicted molar refractivity (Wildman–Crippen MR) is 140 cm³/mol. The lowest BCUT2D eigenvalue weighted by atomic mass is 9.81. The van der Waals surface area contributed by atoms with E-state index in [1.807, 2.05) is 6.07 Å². The van der Waals surface area contributed by atoms with Crippen LogP contribution in [0.15, 0.2) is 29.2 Å². The molecular formula is C27H23F5N10O2. The van der Waals surface area contributed by atoms with Gasteiger partial charge in [0.2, 0.25) is 12.3 Å². The van der Waals surface area contributed by atoms with Gasteiger partial charge in [-0.25, -0.2) is 36.5 Å². The number of rotatable bonds is 8. The number of carbonyl (C=O) groups excluding carboxylic acids is 1. The maximum absolute atomic E-state index is 16.2. The molecule has 0 saturated heterocycles. The fourth-order valence-corrected chi connectivity index (χ4v) is 5.61. The number of nitrogens with zero attached hydrogens (tertiary/aromatic N) is 8. The normalized spacial score (nSPS) is 16.8. The summed E-state index contributed by atoms with van der Waals surface area (Å²) in [4.78, 5) is 24.3. The van der Waals surface area contributed by atoms with Gasteiger partial charge >= 0.3 is 0 Å². The highest BCUT2D eigenvalue weighted by Gasteiger charge is 2.40. The van der Waals surface area contributed by atoms with Crippen LogP contribution in [0.2, 0.25) is 0 Å². The summed E-state index contributed by atoms with van der Waals surface area (Å²) in [5.74, 6) is -6.16. The zero-order valence-corrected chi connectivity index (χ0v) is 22.9. The van der Waals surface area contributed by atoms with Crippen LogP contribution in [-0.4, -0.2) is 58.1 Å². The van der Waals surface area contributed by atoms with Crippen molar-refractivity contribution in [3.05, 3.63) is 64.6 Å². The van der Waals surface area contributed by atoms with Gasteiger partial charge in [-0.15, -0.1) is 10.2 Å². The van der Waals surface area contributed by atoms with Crippen LogP contribution in [-0.2, 0) is 0 Å². The average Bonchev–Trinajstić information content (AvgIpc) is 3.73. The van der Waals surface area contributed by atoms with Crippen molar-refractivity contribution < 1.29 is 31.4 Å². The van der Waals surface area contributed by atoms with Crippen LogP contribution in [0.1, 0.15) is 83.2 Å². The molecule has 0 spiro atoms. The van der Waals surface area contributed by atoms with Gasteiger partial charge in [0.25, 0.3) is 5.91 Å². The van der Waals surface area contributed by atoms with E-state index in [9.17, 15) is 27.6 Å². The zero-order valence-electron chi connectivity index (χ0n) is 22.9. The van der Waals surface area contributed by atoms with Gasteiger partial charge in [0.05, 0.1) is 23.7 Å². The number of aromatic nitrogens is 8. The molecular weight excluding hydrogens is 591 g/mol. The molecule has 1 fully saturated rings. The monoisotopic (exact) mass is 614 g/mol. The molecule has 17 heteroatoms. The van der Waals surface area contributed by atoms with E-state index in [4.69, 9.17) is 0 Å². The van der Waals surface area contributed by atoms with Crippen molar-refractivity contribution in [2.45, 2.75) is 63.3 Å². The summed E-state index contributed by atoms with van der Waals surface area (Å²) in [5.41, 5.74) is 0.0979. The number of amides is 1. The average molecular weight is 615 g/mol. The second-order valence-corrected chi connectivity index (χ2v) is 10.7. The van der Waals surface area contributed by atoms with Gasteiger partial charge in [0.1, 0.15) is 28.9 Å². The number of nitrogens with one attached hydrogen (secondary N) is 2. The first kappa shape index (κ1) is 29.1. The molecule has 1 amide bonds. The third-order valence-corrected chi connectivity index (χ3v) is 7.86. The number of H-pyrrole nitrogens is 1. The second-order valence-electron chi connectivity index (χ2n) is 10.7. The van der Waals surface area contributed by atoms with Gasteiger partial charge < -0.3 is 10.3 Å². The van der Waals surface area contributed by atoms with Crippen LogP contribution in [0, 0.1) is 30.0 Å². The molecule has 2 N–H and O–H groups in total. The van der Waals surface area contributed by atoms with Gasteiger partial charge in [-0.05, 0) is 36.9 Å². The van der Waals surface area contributed by atoms with Crippen molar-refractivity contribution in [2.24, 2.45) is 5.92 Å². The van der Waals surface area contributed by atoms with Crippen LogP contribution in [0.3, 0.4) is 0 Å². The quantitative estimate of drug-likeness (QED) is 0.234. The van der Waals surface area contributed by atoms with Gasteiger partial charge in [0, 0.05) is 31.0 Å². The van der Waals surface area contributed by atoms with Crippen LogP contribution in [0.4, 0.5) is 22.0 Å².